The largest absolute Gasteiger partial charge is 0.454 e. The van der Waals surface area contributed by atoms with Crippen molar-refractivity contribution >= 4 is 23.7 Å². The summed E-state index contributed by atoms with van der Waals surface area (Å²) in [6.45, 7) is 3.55. The summed E-state index contributed by atoms with van der Waals surface area (Å²) in [6, 6.07) is 21.9. The Morgan fingerprint density at radius 2 is 1.66 bits per heavy atom. The van der Waals surface area contributed by atoms with Crippen molar-refractivity contribution in [2.45, 2.75) is 59.2 Å². The number of carbonyl (C=O) groups is 2. The maximum Gasteiger partial charge on any atom is 0.454 e. The molecule has 0 aliphatic carbocycles. The normalized spacial score (nSPS) is 11.6. The fourth-order valence-corrected chi connectivity index (χ4v) is 5.35. The van der Waals surface area contributed by atoms with E-state index in [4.69, 9.17) is 25.8 Å². The summed E-state index contributed by atoms with van der Waals surface area (Å²) in [5, 5.41) is 22.0. The van der Waals surface area contributed by atoms with Gasteiger partial charge in [0.1, 0.15) is 19.0 Å². The SMILES string of the molecule is CCCCc1nc(Cl)c(C(=O)OC(C)OC)n1Cc1ccc(-c2ccccc2-c2nnn(C(=O)OCc3ccccc3CO[N+](=O)[O-])n2)cc1. The van der Waals surface area contributed by atoms with Crippen molar-refractivity contribution in [3.05, 3.63) is 116 Å². The Labute approximate surface area is 291 Å². The van der Waals surface area contributed by atoms with E-state index in [0.717, 1.165) is 34.3 Å². The van der Waals surface area contributed by atoms with Crippen molar-refractivity contribution in [2.75, 3.05) is 7.11 Å². The first-order valence-electron chi connectivity index (χ1n) is 15.7. The summed E-state index contributed by atoms with van der Waals surface area (Å²) in [4.78, 5) is 46.1. The molecule has 0 saturated carbocycles. The maximum absolute atomic E-state index is 13.0. The number of tetrazole rings is 1. The minimum Gasteiger partial charge on any atom is -0.442 e. The van der Waals surface area contributed by atoms with Crippen LogP contribution < -0.4 is 0 Å². The summed E-state index contributed by atoms with van der Waals surface area (Å²) in [7, 11) is 1.45. The molecule has 3 aromatic carbocycles. The third kappa shape index (κ3) is 8.67. The molecule has 1 unspecified atom stereocenters. The van der Waals surface area contributed by atoms with E-state index >= 15 is 0 Å². The van der Waals surface area contributed by atoms with Gasteiger partial charge in [0.15, 0.2) is 17.1 Å². The highest BCUT2D eigenvalue weighted by Gasteiger charge is 2.25. The molecular formula is C34H34ClN7O8. The monoisotopic (exact) mass is 703 g/mol. The predicted molar refractivity (Wildman–Crippen MR) is 179 cm³/mol. The highest BCUT2D eigenvalue weighted by Crippen LogP contribution is 2.30. The lowest BCUT2D eigenvalue weighted by atomic mass is 9.98. The van der Waals surface area contributed by atoms with E-state index in [1.165, 1.54) is 7.11 Å². The second kappa shape index (κ2) is 16.6. The Bertz CT molecular complexity index is 1960. The van der Waals surface area contributed by atoms with E-state index in [2.05, 4.69) is 32.2 Å². The fourth-order valence-electron chi connectivity index (χ4n) is 5.07. The summed E-state index contributed by atoms with van der Waals surface area (Å²) in [5.74, 6) is 0.259. The number of hydrogen-bond acceptors (Lipinski definition) is 12. The molecule has 260 valence electrons. The van der Waals surface area contributed by atoms with Crippen LogP contribution in [0.2, 0.25) is 5.15 Å². The van der Waals surface area contributed by atoms with Crippen molar-refractivity contribution in [2.24, 2.45) is 0 Å². The number of ether oxygens (including phenoxy) is 3. The van der Waals surface area contributed by atoms with Crippen LogP contribution in [0.5, 0.6) is 0 Å². The second-order valence-corrected chi connectivity index (χ2v) is 11.4. The highest BCUT2D eigenvalue weighted by molar-refractivity contribution is 6.32. The molecule has 0 spiro atoms. The van der Waals surface area contributed by atoms with E-state index < -0.39 is 23.4 Å². The zero-order valence-electron chi connectivity index (χ0n) is 27.5. The number of methoxy groups -OCH3 is 1. The van der Waals surface area contributed by atoms with Crippen LogP contribution in [-0.2, 0) is 45.2 Å². The Morgan fingerprint density at radius 1 is 0.980 bits per heavy atom. The van der Waals surface area contributed by atoms with E-state index in [0.29, 0.717) is 35.5 Å². The fraction of sp³-hybridized carbons (Fsp3) is 0.294. The molecule has 0 aliphatic heterocycles. The molecule has 5 aromatic rings. The third-order valence-electron chi connectivity index (χ3n) is 7.70. The predicted octanol–water partition coefficient (Wildman–Crippen LogP) is 6.29. The molecular weight excluding hydrogens is 670 g/mol. The van der Waals surface area contributed by atoms with Gasteiger partial charge in [-0.25, -0.2) is 14.6 Å². The lowest BCUT2D eigenvalue weighted by molar-refractivity contribution is -0.763. The number of nitrogens with zero attached hydrogens (tertiary/aromatic N) is 7. The van der Waals surface area contributed by atoms with Crippen molar-refractivity contribution in [1.29, 1.82) is 0 Å². The van der Waals surface area contributed by atoms with Crippen LogP contribution in [0.3, 0.4) is 0 Å². The average Bonchev–Trinajstić information content (AvgIpc) is 3.74. The van der Waals surface area contributed by atoms with Crippen LogP contribution >= 0.6 is 11.6 Å². The molecule has 0 bridgehead atoms. The minimum absolute atomic E-state index is 0.0755. The summed E-state index contributed by atoms with van der Waals surface area (Å²) < 4.78 is 17.6. The van der Waals surface area contributed by atoms with E-state index in [-0.39, 0.29) is 29.9 Å². The van der Waals surface area contributed by atoms with E-state index in [9.17, 15) is 19.7 Å². The Kier molecular flexibility index (Phi) is 11.9. The molecule has 5 rings (SSSR count). The van der Waals surface area contributed by atoms with Crippen LogP contribution in [-0.4, -0.2) is 60.3 Å². The quantitative estimate of drug-likeness (QED) is 0.0516. The first-order chi connectivity index (χ1) is 24.2. The van der Waals surface area contributed by atoms with Crippen molar-refractivity contribution in [3.8, 4) is 22.5 Å². The number of halogens is 1. The molecule has 0 N–H and O–H groups in total. The van der Waals surface area contributed by atoms with Crippen LogP contribution in [0.1, 0.15) is 59.7 Å². The molecule has 50 heavy (non-hydrogen) atoms. The minimum atomic E-state index is -0.890. The smallest absolute Gasteiger partial charge is 0.442 e. The highest BCUT2D eigenvalue weighted by atomic mass is 35.5. The van der Waals surface area contributed by atoms with Gasteiger partial charge >= 0.3 is 12.1 Å². The van der Waals surface area contributed by atoms with Gasteiger partial charge < -0.3 is 23.6 Å². The number of rotatable bonds is 15. The molecule has 0 fully saturated rings. The number of benzene rings is 3. The Balaban J connectivity index is 1.33. The van der Waals surface area contributed by atoms with E-state index in [1.807, 2.05) is 48.5 Å². The zero-order valence-corrected chi connectivity index (χ0v) is 28.3. The molecule has 2 aromatic heterocycles. The number of esters is 1. The zero-order chi connectivity index (χ0) is 35.6. The second-order valence-electron chi connectivity index (χ2n) is 11.0. The van der Waals surface area contributed by atoms with Crippen LogP contribution in [0.15, 0.2) is 72.8 Å². The van der Waals surface area contributed by atoms with Crippen molar-refractivity contribution < 1.29 is 33.7 Å². The molecule has 0 radical (unpaired) electrons. The van der Waals surface area contributed by atoms with Gasteiger partial charge in [0.2, 0.25) is 5.82 Å². The number of carbonyl (C=O) groups excluding carboxylic acids is 2. The first-order valence-corrected chi connectivity index (χ1v) is 16.0. The number of imidazole rings is 1. The van der Waals surface area contributed by atoms with Crippen LogP contribution in [0.4, 0.5) is 4.79 Å². The molecule has 0 amide bonds. The molecule has 16 heteroatoms. The molecule has 0 aliphatic rings. The molecule has 2 heterocycles. The summed E-state index contributed by atoms with van der Waals surface area (Å²) in [6.07, 6.45) is 0.823. The lowest BCUT2D eigenvalue weighted by Crippen LogP contribution is -2.21. The topological polar surface area (TPSA) is 176 Å². The number of aryl methyl sites for hydroxylation is 1. The summed E-state index contributed by atoms with van der Waals surface area (Å²) in [5.41, 5.74) is 4.35. The van der Waals surface area contributed by atoms with Gasteiger partial charge in [-0.05, 0) is 46.4 Å². The van der Waals surface area contributed by atoms with Crippen molar-refractivity contribution in [3.63, 3.8) is 0 Å². The van der Waals surface area contributed by atoms with Gasteiger partial charge in [-0.15, -0.1) is 20.3 Å². The van der Waals surface area contributed by atoms with Crippen LogP contribution in [0.25, 0.3) is 22.5 Å². The maximum atomic E-state index is 13.0. The number of hydrogen-bond donors (Lipinski definition) is 0. The third-order valence-corrected chi connectivity index (χ3v) is 7.97. The number of unbranched alkanes of at least 4 members (excludes halogenated alkanes) is 1. The Morgan fingerprint density at radius 3 is 2.34 bits per heavy atom. The van der Waals surface area contributed by atoms with Crippen LogP contribution in [0, 0.1) is 10.1 Å². The lowest BCUT2D eigenvalue weighted by Gasteiger charge is -2.15. The van der Waals surface area contributed by atoms with Gasteiger partial charge in [0, 0.05) is 25.6 Å². The molecule has 0 saturated heterocycles. The van der Waals surface area contributed by atoms with Gasteiger partial charge in [-0.2, -0.15) is 0 Å². The van der Waals surface area contributed by atoms with Gasteiger partial charge in [-0.3, -0.25) is 0 Å². The molecule has 1 atom stereocenters. The van der Waals surface area contributed by atoms with Gasteiger partial charge in [0.05, 0.1) is 0 Å². The average molecular weight is 704 g/mol. The standard InChI is InChI=1S/C34H34ClN7O8/c1-4-5-14-29-36-31(35)30(33(43)50-22(2)47-3)40(29)19-23-15-17-24(18-16-23)27-12-8-9-13-28(27)32-37-39-41(38-32)34(44)48-20-25-10-6-7-11-26(25)21-49-42(45)46/h6-13,15-18,22H,4-5,14,19-21H2,1-3H3. The first kappa shape index (κ1) is 35.6. The van der Waals surface area contributed by atoms with Crippen molar-refractivity contribution in [1.82, 2.24) is 29.8 Å². The number of aromatic nitrogens is 6. The summed E-state index contributed by atoms with van der Waals surface area (Å²) >= 11 is 6.45. The van der Waals surface area contributed by atoms with Gasteiger partial charge in [-0.1, -0.05) is 103 Å². The van der Waals surface area contributed by atoms with E-state index in [1.54, 1.807) is 35.8 Å². The molecule has 15 nitrogen and oxygen atoms in total. The van der Waals surface area contributed by atoms with Gasteiger partial charge in [0.25, 0.3) is 5.09 Å². The Hall–Kier alpha value is -5.67.